The molecule has 0 unspecified atom stereocenters. The number of carbonyl (C=O) groups excluding carboxylic acids is 1. The number of aromatic nitrogens is 6. The molecule has 0 aliphatic heterocycles. The van der Waals surface area contributed by atoms with Gasteiger partial charge in [0.15, 0.2) is 0 Å². The van der Waals surface area contributed by atoms with Crippen molar-refractivity contribution in [2.24, 2.45) is 0 Å². The molecule has 4 rings (SSSR count). The van der Waals surface area contributed by atoms with Crippen LogP contribution in [0.15, 0.2) is 59.8 Å². The van der Waals surface area contributed by atoms with Crippen LogP contribution in [0.1, 0.15) is 12.0 Å². The SMILES string of the molecule is Cc1ccc(-n2cnnn2)cc1NC(=O)CCn1ncc(=O)c2ccccc21. The van der Waals surface area contributed by atoms with Gasteiger partial charge >= 0.3 is 0 Å². The smallest absolute Gasteiger partial charge is 0.226 e. The van der Waals surface area contributed by atoms with Gasteiger partial charge in [-0.2, -0.15) is 5.10 Å². The first-order valence-electron chi connectivity index (χ1n) is 8.70. The molecule has 1 amide bonds. The van der Waals surface area contributed by atoms with Gasteiger partial charge in [-0.05, 0) is 47.2 Å². The molecule has 0 saturated carbocycles. The summed E-state index contributed by atoms with van der Waals surface area (Å²) < 4.78 is 3.19. The number of nitrogens with one attached hydrogen (secondary N) is 1. The highest BCUT2D eigenvalue weighted by Crippen LogP contribution is 2.19. The monoisotopic (exact) mass is 375 g/mol. The molecule has 9 nitrogen and oxygen atoms in total. The second-order valence-corrected chi connectivity index (χ2v) is 6.30. The van der Waals surface area contributed by atoms with Gasteiger partial charge in [0.05, 0.1) is 23.9 Å². The van der Waals surface area contributed by atoms with E-state index in [0.717, 1.165) is 11.3 Å². The van der Waals surface area contributed by atoms with E-state index >= 15 is 0 Å². The van der Waals surface area contributed by atoms with Crippen LogP contribution in [0.2, 0.25) is 0 Å². The van der Waals surface area contributed by atoms with Gasteiger partial charge in [-0.25, -0.2) is 4.68 Å². The van der Waals surface area contributed by atoms with E-state index in [4.69, 9.17) is 0 Å². The molecule has 0 atom stereocenters. The number of hydrogen-bond acceptors (Lipinski definition) is 6. The molecule has 0 saturated heterocycles. The normalized spacial score (nSPS) is 10.9. The van der Waals surface area contributed by atoms with Gasteiger partial charge in [0.2, 0.25) is 11.3 Å². The number of rotatable bonds is 5. The summed E-state index contributed by atoms with van der Waals surface area (Å²) in [5, 5.41) is 18.7. The van der Waals surface area contributed by atoms with Crippen LogP contribution in [0.3, 0.4) is 0 Å². The van der Waals surface area contributed by atoms with Crippen molar-refractivity contribution in [2.75, 3.05) is 5.32 Å². The Morgan fingerprint density at radius 2 is 2.04 bits per heavy atom. The molecule has 0 aliphatic rings. The number of anilines is 1. The van der Waals surface area contributed by atoms with Crippen LogP contribution >= 0.6 is 0 Å². The van der Waals surface area contributed by atoms with Crippen molar-refractivity contribution in [2.45, 2.75) is 19.9 Å². The van der Waals surface area contributed by atoms with Crippen LogP contribution in [-0.4, -0.2) is 35.9 Å². The number of nitrogens with zero attached hydrogens (tertiary/aromatic N) is 6. The molecule has 0 aliphatic carbocycles. The predicted octanol–water partition coefficient (Wildman–Crippen LogP) is 1.71. The highest BCUT2D eigenvalue weighted by molar-refractivity contribution is 5.91. The van der Waals surface area contributed by atoms with Crippen LogP contribution in [-0.2, 0) is 11.3 Å². The van der Waals surface area contributed by atoms with Gasteiger partial charge in [-0.3, -0.25) is 14.3 Å². The molecule has 4 aromatic rings. The average molecular weight is 375 g/mol. The number of para-hydroxylation sites is 1. The predicted molar refractivity (Wildman–Crippen MR) is 103 cm³/mol. The van der Waals surface area contributed by atoms with Crippen molar-refractivity contribution >= 4 is 22.5 Å². The number of fused-ring (bicyclic) bond motifs is 1. The van der Waals surface area contributed by atoms with E-state index in [2.05, 4.69) is 25.9 Å². The average Bonchev–Trinajstić information content (AvgIpc) is 3.24. The largest absolute Gasteiger partial charge is 0.326 e. The van der Waals surface area contributed by atoms with Gasteiger partial charge in [-0.15, -0.1) is 5.10 Å². The zero-order valence-corrected chi connectivity index (χ0v) is 15.1. The fourth-order valence-electron chi connectivity index (χ4n) is 2.93. The Balaban J connectivity index is 1.49. The number of hydrogen-bond donors (Lipinski definition) is 1. The molecule has 2 aromatic heterocycles. The Kier molecular flexibility index (Phi) is 4.63. The molecule has 0 bridgehead atoms. The first kappa shape index (κ1) is 17.5. The summed E-state index contributed by atoms with van der Waals surface area (Å²) in [7, 11) is 0. The van der Waals surface area contributed by atoms with E-state index in [-0.39, 0.29) is 17.8 Å². The third-order valence-corrected chi connectivity index (χ3v) is 4.42. The standard InChI is InChI=1S/C19H17N7O2/c1-13-6-7-14(26-12-20-23-24-26)10-16(13)22-19(28)8-9-25-17-5-3-2-4-15(17)18(27)11-21-25/h2-7,10-12H,8-9H2,1H3,(H,22,28). The summed E-state index contributed by atoms with van der Waals surface area (Å²) in [6, 6.07) is 12.8. The van der Waals surface area contributed by atoms with Crippen molar-refractivity contribution in [3.63, 3.8) is 0 Å². The number of carbonyl (C=O) groups is 1. The molecule has 2 aromatic carbocycles. The van der Waals surface area contributed by atoms with E-state index in [9.17, 15) is 9.59 Å². The Morgan fingerprint density at radius 3 is 2.86 bits per heavy atom. The Bertz CT molecular complexity index is 1200. The van der Waals surface area contributed by atoms with Crippen molar-refractivity contribution < 1.29 is 4.79 Å². The second-order valence-electron chi connectivity index (χ2n) is 6.30. The quantitative estimate of drug-likeness (QED) is 0.569. The van der Waals surface area contributed by atoms with E-state index in [1.165, 1.54) is 17.2 Å². The van der Waals surface area contributed by atoms with Gasteiger partial charge in [-0.1, -0.05) is 18.2 Å². The lowest BCUT2D eigenvalue weighted by molar-refractivity contribution is -0.116. The first-order chi connectivity index (χ1) is 13.6. The molecule has 2 heterocycles. The number of aryl methyl sites for hydroxylation is 2. The highest BCUT2D eigenvalue weighted by atomic mass is 16.1. The zero-order valence-electron chi connectivity index (χ0n) is 15.1. The maximum atomic E-state index is 12.5. The van der Waals surface area contributed by atoms with Crippen LogP contribution in [0.25, 0.3) is 16.6 Å². The lowest BCUT2D eigenvalue weighted by Crippen LogP contribution is -2.18. The molecular weight excluding hydrogens is 358 g/mol. The molecule has 0 spiro atoms. The molecule has 28 heavy (non-hydrogen) atoms. The molecule has 0 fully saturated rings. The second kappa shape index (κ2) is 7.39. The van der Waals surface area contributed by atoms with Crippen LogP contribution < -0.4 is 10.7 Å². The summed E-state index contributed by atoms with van der Waals surface area (Å²) in [4.78, 5) is 24.4. The third kappa shape index (κ3) is 3.50. The Labute approximate surface area is 159 Å². The third-order valence-electron chi connectivity index (χ3n) is 4.42. The van der Waals surface area contributed by atoms with Gasteiger partial charge in [0, 0.05) is 17.5 Å². The molecule has 9 heteroatoms. The molecule has 1 N–H and O–H groups in total. The van der Waals surface area contributed by atoms with Crippen LogP contribution in [0.5, 0.6) is 0 Å². The minimum atomic E-state index is -0.151. The Hall–Kier alpha value is -3.88. The van der Waals surface area contributed by atoms with E-state index < -0.39 is 0 Å². The zero-order chi connectivity index (χ0) is 19.5. The van der Waals surface area contributed by atoms with Crippen molar-refractivity contribution in [1.82, 2.24) is 30.0 Å². The lowest BCUT2D eigenvalue weighted by Gasteiger charge is -2.12. The van der Waals surface area contributed by atoms with Crippen LogP contribution in [0, 0.1) is 6.92 Å². The summed E-state index contributed by atoms with van der Waals surface area (Å²) in [6.45, 7) is 2.27. The molecule has 140 valence electrons. The fourth-order valence-corrected chi connectivity index (χ4v) is 2.93. The van der Waals surface area contributed by atoms with Gasteiger partial charge in [0.25, 0.3) is 0 Å². The summed E-state index contributed by atoms with van der Waals surface area (Å²) in [5.41, 5.74) is 2.94. The summed E-state index contributed by atoms with van der Waals surface area (Å²) in [5.74, 6) is -0.151. The fraction of sp³-hybridized carbons (Fsp3) is 0.158. The molecular formula is C19H17N7O2. The first-order valence-corrected chi connectivity index (χ1v) is 8.70. The highest BCUT2D eigenvalue weighted by Gasteiger charge is 2.09. The maximum absolute atomic E-state index is 12.5. The number of amides is 1. The maximum Gasteiger partial charge on any atom is 0.226 e. The van der Waals surface area contributed by atoms with E-state index in [1.807, 2.05) is 37.3 Å². The minimum absolute atomic E-state index is 0.133. The van der Waals surface area contributed by atoms with E-state index in [1.54, 1.807) is 16.8 Å². The number of tetrazole rings is 1. The van der Waals surface area contributed by atoms with Crippen molar-refractivity contribution in [1.29, 1.82) is 0 Å². The van der Waals surface area contributed by atoms with Gasteiger partial charge < -0.3 is 5.32 Å². The van der Waals surface area contributed by atoms with E-state index in [0.29, 0.717) is 23.1 Å². The number of benzene rings is 2. The lowest BCUT2D eigenvalue weighted by atomic mass is 10.1. The topological polar surface area (TPSA) is 108 Å². The Morgan fingerprint density at radius 1 is 1.18 bits per heavy atom. The van der Waals surface area contributed by atoms with Crippen LogP contribution in [0.4, 0.5) is 5.69 Å². The summed E-state index contributed by atoms with van der Waals surface area (Å²) >= 11 is 0. The minimum Gasteiger partial charge on any atom is -0.326 e. The van der Waals surface area contributed by atoms with Crippen molar-refractivity contribution in [3.05, 3.63) is 70.8 Å². The molecule has 0 radical (unpaired) electrons. The summed E-state index contributed by atoms with van der Waals surface area (Å²) in [6.07, 6.45) is 2.98. The van der Waals surface area contributed by atoms with Gasteiger partial charge in [0.1, 0.15) is 6.33 Å². The van der Waals surface area contributed by atoms with Crippen molar-refractivity contribution in [3.8, 4) is 5.69 Å².